The first kappa shape index (κ1) is 14.7. The van der Waals surface area contributed by atoms with E-state index in [0.717, 1.165) is 49.9 Å². The summed E-state index contributed by atoms with van der Waals surface area (Å²) in [5, 5.41) is 3.31. The van der Waals surface area contributed by atoms with E-state index >= 15 is 0 Å². The Balaban J connectivity index is 1.41. The van der Waals surface area contributed by atoms with Crippen molar-refractivity contribution in [3.05, 3.63) is 42.6 Å². The quantitative estimate of drug-likeness (QED) is 0.791. The van der Waals surface area contributed by atoms with Gasteiger partial charge in [-0.3, -0.25) is 4.98 Å². The summed E-state index contributed by atoms with van der Waals surface area (Å²) in [4.78, 5) is 12.6. The van der Waals surface area contributed by atoms with Gasteiger partial charge in [-0.2, -0.15) is 0 Å². The normalized spacial score (nSPS) is 17.4. The van der Waals surface area contributed by atoms with Crippen molar-refractivity contribution in [1.29, 1.82) is 0 Å². The molecule has 1 unspecified atom stereocenters. The zero-order chi connectivity index (χ0) is 15.0. The minimum atomic E-state index is 0.400. The Labute approximate surface area is 129 Å². The first-order valence-electron chi connectivity index (χ1n) is 7.58. The number of hydrogen-bond acceptors (Lipinski definition) is 6. The standard InChI is InChI=1S/C16H20N4O2/c1-3-14(10-17-5-1)22-7-2-6-18-16-9-15(19-12-20-16)13-4-8-21-11-13/h1,3,5,9-10,12-13H,2,4,6-8,11H2,(H,18,19,20). The number of anilines is 1. The molecule has 1 fully saturated rings. The van der Waals surface area contributed by atoms with Gasteiger partial charge in [0.2, 0.25) is 0 Å². The van der Waals surface area contributed by atoms with Gasteiger partial charge < -0.3 is 14.8 Å². The van der Waals surface area contributed by atoms with Crippen LogP contribution in [0.3, 0.4) is 0 Å². The molecular formula is C16H20N4O2. The van der Waals surface area contributed by atoms with Crippen molar-refractivity contribution in [2.45, 2.75) is 18.8 Å². The summed E-state index contributed by atoms with van der Waals surface area (Å²) in [7, 11) is 0. The minimum absolute atomic E-state index is 0.400. The molecule has 1 aliphatic heterocycles. The lowest BCUT2D eigenvalue weighted by atomic mass is 10.1. The van der Waals surface area contributed by atoms with Crippen LogP contribution < -0.4 is 10.1 Å². The van der Waals surface area contributed by atoms with Gasteiger partial charge in [0, 0.05) is 31.3 Å². The van der Waals surface area contributed by atoms with E-state index in [9.17, 15) is 0 Å². The Morgan fingerprint density at radius 1 is 1.36 bits per heavy atom. The van der Waals surface area contributed by atoms with Crippen LogP contribution in [0.2, 0.25) is 0 Å². The molecule has 6 heteroatoms. The molecule has 0 bridgehead atoms. The Hall–Kier alpha value is -2.21. The van der Waals surface area contributed by atoms with Gasteiger partial charge in [-0.05, 0) is 25.0 Å². The van der Waals surface area contributed by atoms with E-state index in [2.05, 4.69) is 20.3 Å². The van der Waals surface area contributed by atoms with E-state index in [1.807, 2.05) is 18.2 Å². The van der Waals surface area contributed by atoms with Crippen molar-refractivity contribution >= 4 is 5.82 Å². The van der Waals surface area contributed by atoms with Gasteiger partial charge in [0.05, 0.1) is 25.1 Å². The van der Waals surface area contributed by atoms with Crippen LogP contribution >= 0.6 is 0 Å². The van der Waals surface area contributed by atoms with E-state index < -0.39 is 0 Å². The second-order valence-electron chi connectivity index (χ2n) is 5.21. The van der Waals surface area contributed by atoms with Crippen LogP contribution in [0.4, 0.5) is 5.82 Å². The monoisotopic (exact) mass is 300 g/mol. The van der Waals surface area contributed by atoms with Crippen LogP contribution in [0, 0.1) is 0 Å². The molecule has 2 aromatic heterocycles. The van der Waals surface area contributed by atoms with Crippen LogP contribution in [0.5, 0.6) is 5.75 Å². The van der Waals surface area contributed by atoms with Crippen LogP contribution in [0.1, 0.15) is 24.5 Å². The summed E-state index contributed by atoms with van der Waals surface area (Å²) in [6.45, 7) is 3.03. The minimum Gasteiger partial charge on any atom is -0.492 e. The molecule has 1 saturated heterocycles. The number of nitrogens with one attached hydrogen (secondary N) is 1. The highest BCUT2D eigenvalue weighted by Crippen LogP contribution is 2.24. The highest BCUT2D eigenvalue weighted by Gasteiger charge is 2.19. The SMILES string of the molecule is c1cncc(OCCCNc2cc(C3CCOC3)ncn2)c1. The highest BCUT2D eigenvalue weighted by atomic mass is 16.5. The maximum atomic E-state index is 5.60. The van der Waals surface area contributed by atoms with Gasteiger partial charge in [-0.25, -0.2) is 9.97 Å². The predicted molar refractivity (Wildman–Crippen MR) is 83.0 cm³/mol. The molecule has 0 saturated carbocycles. The lowest BCUT2D eigenvalue weighted by Gasteiger charge is -2.10. The molecule has 1 aliphatic rings. The van der Waals surface area contributed by atoms with Crippen molar-refractivity contribution in [3.8, 4) is 5.75 Å². The molecule has 6 nitrogen and oxygen atoms in total. The Morgan fingerprint density at radius 2 is 2.36 bits per heavy atom. The van der Waals surface area contributed by atoms with E-state index in [1.54, 1.807) is 18.7 Å². The average molecular weight is 300 g/mol. The first-order valence-corrected chi connectivity index (χ1v) is 7.58. The summed E-state index contributed by atoms with van der Waals surface area (Å²) in [5.41, 5.74) is 1.06. The number of pyridine rings is 1. The lowest BCUT2D eigenvalue weighted by molar-refractivity contribution is 0.193. The number of hydrogen-bond donors (Lipinski definition) is 1. The highest BCUT2D eigenvalue weighted by molar-refractivity contribution is 5.35. The molecule has 0 amide bonds. The first-order chi connectivity index (χ1) is 10.9. The second-order valence-corrected chi connectivity index (χ2v) is 5.21. The molecule has 1 N–H and O–H groups in total. The maximum absolute atomic E-state index is 5.60. The molecule has 22 heavy (non-hydrogen) atoms. The summed E-state index contributed by atoms with van der Waals surface area (Å²) in [6, 6.07) is 5.78. The number of aromatic nitrogens is 3. The smallest absolute Gasteiger partial charge is 0.137 e. The average Bonchev–Trinajstić information content (AvgIpc) is 3.10. The maximum Gasteiger partial charge on any atom is 0.137 e. The molecule has 1 atom stereocenters. The van der Waals surface area contributed by atoms with Crippen LogP contribution in [-0.4, -0.2) is 41.3 Å². The van der Waals surface area contributed by atoms with Gasteiger partial charge in [0.15, 0.2) is 0 Å². The summed E-state index contributed by atoms with van der Waals surface area (Å²) >= 11 is 0. The van der Waals surface area contributed by atoms with Crippen LogP contribution in [-0.2, 0) is 4.74 Å². The molecule has 0 radical (unpaired) electrons. The van der Waals surface area contributed by atoms with Crippen molar-refractivity contribution in [3.63, 3.8) is 0 Å². The molecule has 0 aliphatic carbocycles. The van der Waals surface area contributed by atoms with E-state index in [-0.39, 0.29) is 0 Å². The molecule has 3 heterocycles. The van der Waals surface area contributed by atoms with Crippen LogP contribution in [0.25, 0.3) is 0 Å². The molecule has 3 rings (SSSR count). The van der Waals surface area contributed by atoms with Gasteiger partial charge in [-0.15, -0.1) is 0 Å². The third-order valence-electron chi connectivity index (χ3n) is 3.57. The van der Waals surface area contributed by atoms with Crippen LogP contribution in [0.15, 0.2) is 36.9 Å². The number of rotatable bonds is 7. The van der Waals surface area contributed by atoms with Gasteiger partial charge in [0.1, 0.15) is 17.9 Å². The second kappa shape index (κ2) is 7.70. The Kier molecular flexibility index (Phi) is 5.15. The van der Waals surface area contributed by atoms with E-state index in [1.165, 1.54) is 0 Å². The molecular weight excluding hydrogens is 280 g/mol. The fourth-order valence-corrected chi connectivity index (χ4v) is 2.37. The van der Waals surface area contributed by atoms with Gasteiger partial charge >= 0.3 is 0 Å². The van der Waals surface area contributed by atoms with E-state index in [4.69, 9.17) is 9.47 Å². The fraction of sp³-hybridized carbons (Fsp3) is 0.438. The predicted octanol–water partition coefficient (Wildman–Crippen LogP) is 2.26. The lowest BCUT2D eigenvalue weighted by Crippen LogP contribution is -2.10. The summed E-state index contributed by atoms with van der Waals surface area (Å²) in [6.07, 6.45) is 6.99. The zero-order valence-corrected chi connectivity index (χ0v) is 12.4. The Bertz CT molecular complexity index is 573. The summed E-state index contributed by atoms with van der Waals surface area (Å²) < 4.78 is 11.0. The van der Waals surface area contributed by atoms with E-state index in [0.29, 0.717) is 12.5 Å². The van der Waals surface area contributed by atoms with Crippen molar-refractivity contribution in [1.82, 2.24) is 15.0 Å². The van der Waals surface area contributed by atoms with Gasteiger partial charge in [-0.1, -0.05) is 0 Å². The van der Waals surface area contributed by atoms with Gasteiger partial charge in [0.25, 0.3) is 0 Å². The fourth-order valence-electron chi connectivity index (χ4n) is 2.37. The number of nitrogens with zero attached hydrogens (tertiary/aromatic N) is 3. The summed E-state index contributed by atoms with van der Waals surface area (Å²) in [5.74, 6) is 2.06. The third kappa shape index (κ3) is 4.14. The number of ether oxygens (including phenoxy) is 2. The van der Waals surface area contributed by atoms with Crippen molar-refractivity contribution in [2.24, 2.45) is 0 Å². The molecule has 0 aromatic carbocycles. The van der Waals surface area contributed by atoms with Crippen molar-refractivity contribution in [2.75, 3.05) is 31.7 Å². The van der Waals surface area contributed by atoms with Crippen molar-refractivity contribution < 1.29 is 9.47 Å². The Morgan fingerprint density at radius 3 is 3.18 bits per heavy atom. The molecule has 2 aromatic rings. The largest absolute Gasteiger partial charge is 0.492 e. The molecule has 116 valence electrons. The third-order valence-corrected chi connectivity index (χ3v) is 3.57. The zero-order valence-electron chi connectivity index (χ0n) is 12.4. The topological polar surface area (TPSA) is 69.2 Å². The molecule has 0 spiro atoms.